The Morgan fingerprint density at radius 1 is 1.29 bits per heavy atom. The van der Waals surface area contributed by atoms with Gasteiger partial charge >= 0.3 is 0 Å². The van der Waals surface area contributed by atoms with Gasteiger partial charge < -0.3 is 18.8 Å². The normalized spacial score (nSPS) is 13.2. The van der Waals surface area contributed by atoms with E-state index in [0.29, 0.717) is 39.7 Å². The number of nitro benzene ring substituents is 1. The molecule has 0 aliphatic carbocycles. The van der Waals surface area contributed by atoms with E-state index in [-0.39, 0.29) is 12.5 Å². The molecule has 0 radical (unpaired) electrons. The lowest BCUT2D eigenvalue weighted by Gasteiger charge is -2.04. The van der Waals surface area contributed by atoms with Crippen molar-refractivity contribution in [3.63, 3.8) is 0 Å². The number of non-ortho nitro benzene ring substituents is 1. The third-order valence-electron chi connectivity index (χ3n) is 4.21. The van der Waals surface area contributed by atoms with Crippen LogP contribution in [0.2, 0.25) is 0 Å². The quantitative estimate of drug-likeness (QED) is 0.481. The Morgan fingerprint density at radius 2 is 2.11 bits per heavy atom. The molecule has 0 N–H and O–H groups in total. The summed E-state index contributed by atoms with van der Waals surface area (Å²) in [4.78, 5) is 28.0. The second-order valence-electron chi connectivity index (χ2n) is 5.92. The minimum Gasteiger partial charge on any atom is -0.454 e. The van der Waals surface area contributed by atoms with Gasteiger partial charge in [0.2, 0.25) is 6.79 Å². The molecular weight excluding hydrogens is 386 g/mol. The lowest BCUT2D eigenvalue weighted by atomic mass is 10.2. The molecule has 0 saturated carbocycles. The smallest absolute Gasteiger partial charge is 0.279 e. The maximum atomic E-state index is 12.7. The van der Waals surface area contributed by atoms with E-state index in [4.69, 9.17) is 14.2 Å². The first-order chi connectivity index (χ1) is 13.6. The summed E-state index contributed by atoms with van der Waals surface area (Å²) in [5.41, 5.74) is 1.11. The fourth-order valence-electron chi connectivity index (χ4n) is 2.84. The summed E-state index contributed by atoms with van der Waals surface area (Å²) in [5.74, 6) is 0.645. The summed E-state index contributed by atoms with van der Waals surface area (Å²) in [7, 11) is 1.58. The van der Waals surface area contributed by atoms with Gasteiger partial charge in [-0.1, -0.05) is 11.3 Å². The molecular formula is C18H15N3O6S. The standard InChI is InChI=1S/C18H15N3O6S/c1-25-7-6-20-13-4-3-12(21(23)24)9-16(13)28-18(20)19-17(22)11-2-5-14-15(8-11)27-10-26-14/h2-5,8-9H,6-7,10H2,1H3. The molecule has 2 heterocycles. The molecule has 144 valence electrons. The van der Waals surface area contributed by atoms with Crippen molar-refractivity contribution in [2.75, 3.05) is 20.5 Å². The van der Waals surface area contributed by atoms with Crippen LogP contribution >= 0.6 is 11.3 Å². The van der Waals surface area contributed by atoms with Gasteiger partial charge in [0.05, 0.1) is 21.7 Å². The van der Waals surface area contributed by atoms with Gasteiger partial charge in [-0.3, -0.25) is 14.9 Å². The van der Waals surface area contributed by atoms with Crippen LogP contribution in [-0.4, -0.2) is 35.9 Å². The van der Waals surface area contributed by atoms with Gasteiger partial charge in [-0.2, -0.15) is 4.99 Å². The average molecular weight is 401 g/mol. The monoisotopic (exact) mass is 401 g/mol. The van der Waals surface area contributed by atoms with Crippen molar-refractivity contribution in [1.29, 1.82) is 0 Å². The van der Waals surface area contributed by atoms with Crippen LogP contribution in [0, 0.1) is 10.1 Å². The number of rotatable bonds is 5. The molecule has 0 unspecified atom stereocenters. The number of amides is 1. The lowest BCUT2D eigenvalue weighted by Crippen LogP contribution is -2.19. The Bertz CT molecular complexity index is 1150. The Hall–Kier alpha value is -3.24. The first kappa shape index (κ1) is 18.1. The van der Waals surface area contributed by atoms with E-state index in [2.05, 4.69) is 4.99 Å². The van der Waals surface area contributed by atoms with Gasteiger partial charge in [-0.15, -0.1) is 0 Å². The van der Waals surface area contributed by atoms with E-state index in [1.807, 2.05) is 4.57 Å². The van der Waals surface area contributed by atoms with Crippen LogP contribution in [0.3, 0.4) is 0 Å². The molecule has 1 amide bonds. The van der Waals surface area contributed by atoms with Crippen LogP contribution in [0.1, 0.15) is 10.4 Å². The molecule has 0 spiro atoms. The van der Waals surface area contributed by atoms with Crippen LogP contribution in [-0.2, 0) is 11.3 Å². The highest BCUT2D eigenvalue weighted by atomic mass is 32.1. The van der Waals surface area contributed by atoms with Crippen LogP contribution < -0.4 is 14.3 Å². The first-order valence-electron chi connectivity index (χ1n) is 8.32. The van der Waals surface area contributed by atoms with Crippen LogP contribution in [0.5, 0.6) is 11.5 Å². The van der Waals surface area contributed by atoms with Gasteiger partial charge in [0.15, 0.2) is 16.3 Å². The van der Waals surface area contributed by atoms with Gasteiger partial charge in [-0.25, -0.2) is 0 Å². The molecule has 28 heavy (non-hydrogen) atoms. The highest BCUT2D eigenvalue weighted by molar-refractivity contribution is 7.16. The minimum absolute atomic E-state index is 0.0127. The summed E-state index contributed by atoms with van der Waals surface area (Å²) in [6.07, 6.45) is 0. The molecule has 0 atom stereocenters. The Morgan fingerprint density at radius 3 is 2.89 bits per heavy atom. The molecule has 0 bridgehead atoms. The maximum Gasteiger partial charge on any atom is 0.279 e. The van der Waals surface area contributed by atoms with Crippen molar-refractivity contribution in [3.05, 3.63) is 56.9 Å². The van der Waals surface area contributed by atoms with Crippen molar-refractivity contribution in [3.8, 4) is 11.5 Å². The second kappa shape index (κ2) is 7.41. The van der Waals surface area contributed by atoms with Gasteiger partial charge in [0, 0.05) is 31.4 Å². The average Bonchev–Trinajstić information content (AvgIpc) is 3.29. The number of nitro groups is 1. The summed E-state index contributed by atoms with van der Waals surface area (Å²) in [6.45, 7) is 0.992. The van der Waals surface area contributed by atoms with Crippen LogP contribution in [0.15, 0.2) is 41.4 Å². The summed E-state index contributed by atoms with van der Waals surface area (Å²) in [6, 6.07) is 9.44. The van der Waals surface area contributed by atoms with Crippen molar-refractivity contribution < 1.29 is 23.9 Å². The second-order valence-corrected chi connectivity index (χ2v) is 6.93. The minimum atomic E-state index is -0.451. The highest BCUT2D eigenvalue weighted by Gasteiger charge is 2.17. The van der Waals surface area contributed by atoms with E-state index in [9.17, 15) is 14.9 Å². The summed E-state index contributed by atoms with van der Waals surface area (Å²) in [5, 5.41) is 11.0. The number of hydrogen-bond donors (Lipinski definition) is 0. The van der Waals surface area contributed by atoms with E-state index in [0.717, 1.165) is 5.52 Å². The topological polar surface area (TPSA) is 105 Å². The molecule has 4 rings (SSSR count). The Labute approximate surface area is 162 Å². The number of benzene rings is 2. The molecule has 9 nitrogen and oxygen atoms in total. The predicted molar refractivity (Wildman–Crippen MR) is 101 cm³/mol. The van der Waals surface area contributed by atoms with Gasteiger partial charge in [-0.05, 0) is 24.3 Å². The maximum absolute atomic E-state index is 12.7. The number of aromatic nitrogens is 1. The molecule has 1 aromatic heterocycles. The number of thiazole rings is 1. The largest absolute Gasteiger partial charge is 0.454 e. The fraction of sp³-hybridized carbons (Fsp3) is 0.222. The third kappa shape index (κ3) is 3.35. The number of nitrogens with zero attached hydrogens (tertiary/aromatic N) is 3. The van der Waals surface area contributed by atoms with Gasteiger partial charge in [0.1, 0.15) is 0 Å². The van der Waals surface area contributed by atoms with Crippen molar-refractivity contribution in [2.45, 2.75) is 6.54 Å². The van der Waals surface area contributed by atoms with Gasteiger partial charge in [0.25, 0.3) is 11.6 Å². The molecule has 1 aliphatic heterocycles. The van der Waals surface area contributed by atoms with Crippen LogP contribution in [0.4, 0.5) is 5.69 Å². The van der Waals surface area contributed by atoms with E-state index < -0.39 is 10.8 Å². The first-order valence-corrected chi connectivity index (χ1v) is 9.14. The summed E-state index contributed by atoms with van der Waals surface area (Å²) < 4.78 is 18.2. The molecule has 3 aromatic rings. The lowest BCUT2D eigenvalue weighted by molar-refractivity contribution is -0.384. The zero-order valence-electron chi connectivity index (χ0n) is 14.8. The van der Waals surface area contributed by atoms with Crippen molar-refractivity contribution >= 4 is 33.1 Å². The number of fused-ring (bicyclic) bond motifs is 2. The Balaban J connectivity index is 1.79. The number of carbonyl (C=O) groups excluding carboxylic acids is 1. The number of carbonyl (C=O) groups is 1. The molecule has 0 fully saturated rings. The fourth-order valence-corrected chi connectivity index (χ4v) is 3.93. The predicted octanol–water partition coefficient (Wildman–Crippen LogP) is 2.73. The molecule has 1 aliphatic rings. The zero-order valence-corrected chi connectivity index (χ0v) is 15.6. The van der Waals surface area contributed by atoms with Crippen molar-refractivity contribution in [1.82, 2.24) is 4.57 Å². The molecule has 0 saturated heterocycles. The molecule has 2 aromatic carbocycles. The van der Waals surface area contributed by atoms with E-state index in [1.54, 1.807) is 31.4 Å². The van der Waals surface area contributed by atoms with Crippen molar-refractivity contribution in [2.24, 2.45) is 4.99 Å². The molecule has 10 heteroatoms. The van der Waals surface area contributed by atoms with Crippen LogP contribution in [0.25, 0.3) is 10.2 Å². The Kier molecular flexibility index (Phi) is 4.80. The number of ether oxygens (including phenoxy) is 3. The highest BCUT2D eigenvalue weighted by Crippen LogP contribution is 2.32. The van der Waals surface area contributed by atoms with E-state index >= 15 is 0 Å². The zero-order chi connectivity index (χ0) is 19.7. The summed E-state index contributed by atoms with van der Waals surface area (Å²) >= 11 is 1.21. The van der Waals surface area contributed by atoms with E-state index in [1.165, 1.54) is 23.5 Å². The number of methoxy groups -OCH3 is 1. The SMILES string of the molecule is COCCn1c(=NC(=O)c2ccc3c(c2)OCO3)sc2cc([N+](=O)[O-])ccc21. The number of hydrogen-bond acceptors (Lipinski definition) is 7. The third-order valence-corrected chi connectivity index (χ3v) is 5.25.